The fourth-order valence-electron chi connectivity index (χ4n) is 2.61. The molecule has 0 heterocycles. The average Bonchev–Trinajstić information content (AvgIpc) is 2.64. The number of hydrogen-bond donors (Lipinski definition) is 0. The highest BCUT2D eigenvalue weighted by molar-refractivity contribution is 6.06. The summed E-state index contributed by atoms with van der Waals surface area (Å²) in [6, 6.07) is 15.2. The molecule has 0 aliphatic carbocycles. The molecule has 0 saturated carbocycles. The van der Waals surface area contributed by atoms with E-state index in [-0.39, 0.29) is 5.91 Å². The van der Waals surface area contributed by atoms with E-state index >= 15 is 0 Å². The molecule has 2 aromatic rings. The smallest absolute Gasteiger partial charge is 0.258 e. The van der Waals surface area contributed by atoms with Crippen LogP contribution in [0.5, 0.6) is 11.5 Å². The SMILES string of the molecule is CCCCN(C(=O)c1ccc(OCC)c(OCC)c1)c1ccccc1. The third kappa shape index (κ3) is 4.99. The Bertz CT molecular complexity index is 670. The second kappa shape index (κ2) is 9.72. The van der Waals surface area contributed by atoms with E-state index < -0.39 is 0 Å². The fraction of sp³-hybridized carbons (Fsp3) is 0.381. The molecule has 2 aromatic carbocycles. The van der Waals surface area contributed by atoms with Crippen LogP contribution in [0.3, 0.4) is 0 Å². The van der Waals surface area contributed by atoms with Gasteiger partial charge in [-0.2, -0.15) is 0 Å². The van der Waals surface area contributed by atoms with Gasteiger partial charge in [-0.15, -0.1) is 0 Å². The largest absolute Gasteiger partial charge is 0.490 e. The van der Waals surface area contributed by atoms with Crippen LogP contribution in [0.4, 0.5) is 5.69 Å². The number of benzene rings is 2. The molecule has 0 radical (unpaired) electrons. The van der Waals surface area contributed by atoms with Gasteiger partial charge in [0.25, 0.3) is 5.91 Å². The molecular formula is C21H27NO3. The summed E-state index contributed by atoms with van der Waals surface area (Å²) in [6.45, 7) is 7.74. The van der Waals surface area contributed by atoms with Crippen molar-refractivity contribution in [1.29, 1.82) is 0 Å². The molecule has 4 heteroatoms. The molecule has 4 nitrogen and oxygen atoms in total. The average molecular weight is 341 g/mol. The van der Waals surface area contributed by atoms with E-state index in [1.807, 2.05) is 55.1 Å². The zero-order chi connectivity index (χ0) is 18.1. The zero-order valence-electron chi connectivity index (χ0n) is 15.3. The van der Waals surface area contributed by atoms with Crippen LogP contribution in [0.25, 0.3) is 0 Å². The van der Waals surface area contributed by atoms with Crippen LogP contribution in [0.2, 0.25) is 0 Å². The van der Waals surface area contributed by atoms with Crippen molar-refractivity contribution >= 4 is 11.6 Å². The maximum Gasteiger partial charge on any atom is 0.258 e. The van der Waals surface area contributed by atoms with Gasteiger partial charge in [-0.3, -0.25) is 4.79 Å². The van der Waals surface area contributed by atoms with Crippen molar-refractivity contribution < 1.29 is 14.3 Å². The minimum absolute atomic E-state index is 0.0244. The van der Waals surface area contributed by atoms with E-state index in [2.05, 4.69) is 6.92 Å². The van der Waals surface area contributed by atoms with Crippen molar-refractivity contribution in [2.24, 2.45) is 0 Å². The van der Waals surface area contributed by atoms with Crippen molar-refractivity contribution in [3.05, 3.63) is 54.1 Å². The Morgan fingerprint density at radius 2 is 1.60 bits per heavy atom. The highest BCUT2D eigenvalue weighted by atomic mass is 16.5. The summed E-state index contributed by atoms with van der Waals surface area (Å²) in [5.41, 5.74) is 1.51. The van der Waals surface area contributed by atoms with Gasteiger partial charge in [0.05, 0.1) is 13.2 Å². The van der Waals surface area contributed by atoms with Gasteiger partial charge in [0.15, 0.2) is 11.5 Å². The Hall–Kier alpha value is -2.49. The molecule has 0 bridgehead atoms. The van der Waals surface area contributed by atoms with Gasteiger partial charge in [-0.25, -0.2) is 0 Å². The van der Waals surface area contributed by atoms with E-state index in [0.717, 1.165) is 18.5 Å². The maximum atomic E-state index is 13.1. The van der Waals surface area contributed by atoms with Gasteiger partial charge in [0.2, 0.25) is 0 Å². The van der Waals surface area contributed by atoms with Crippen molar-refractivity contribution in [2.75, 3.05) is 24.7 Å². The van der Waals surface area contributed by atoms with Crippen LogP contribution in [0, 0.1) is 0 Å². The van der Waals surface area contributed by atoms with Crippen LogP contribution in [0.15, 0.2) is 48.5 Å². The molecule has 1 amide bonds. The van der Waals surface area contributed by atoms with E-state index in [1.165, 1.54) is 0 Å². The lowest BCUT2D eigenvalue weighted by molar-refractivity contribution is 0.0986. The van der Waals surface area contributed by atoms with Crippen LogP contribution in [-0.2, 0) is 0 Å². The lowest BCUT2D eigenvalue weighted by Gasteiger charge is -2.23. The van der Waals surface area contributed by atoms with E-state index in [4.69, 9.17) is 9.47 Å². The van der Waals surface area contributed by atoms with Crippen molar-refractivity contribution in [1.82, 2.24) is 0 Å². The van der Waals surface area contributed by atoms with Crippen LogP contribution in [-0.4, -0.2) is 25.7 Å². The van der Waals surface area contributed by atoms with Gasteiger partial charge in [0.1, 0.15) is 0 Å². The van der Waals surface area contributed by atoms with Crippen molar-refractivity contribution in [3.63, 3.8) is 0 Å². The Balaban J connectivity index is 2.33. The number of amides is 1. The van der Waals surface area contributed by atoms with Crippen molar-refractivity contribution in [3.8, 4) is 11.5 Å². The molecular weight excluding hydrogens is 314 g/mol. The number of anilines is 1. The molecule has 0 spiro atoms. The maximum absolute atomic E-state index is 13.1. The predicted molar refractivity (Wildman–Crippen MR) is 102 cm³/mol. The minimum atomic E-state index is -0.0244. The molecule has 0 fully saturated rings. The van der Waals surface area contributed by atoms with Crippen molar-refractivity contribution in [2.45, 2.75) is 33.6 Å². The molecule has 2 rings (SSSR count). The Morgan fingerprint density at radius 3 is 2.24 bits per heavy atom. The topological polar surface area (TPSA) is 38.8 Å². The number of unbranched alkanes of at least 4 members (excludes halogenated alkanes) is 1. The first-order valence-corrected chi connectivity index (χ1v) is 8.97. The number of carbonyl (C=O) groups excluding carboxylic acids is 1. The molecule has 0 aliphatic heterocycles. The standard InChI is InChI=1S/C21H27NO3/c1-4-7-15-22(18-11-9-8-10-12-18)21(23)17-13-14-19(24-5-2)20(16-17)25-6-3/h8-14,16H,4-7,15H2,1-3H3. The third-order valence-corrected chi connectivity index (χ3v) is 3.84. The summed E-state index contributed by atoms with van der Waals surface area (Å²) in [4.78, 5) is 14.9. The summed E-state index contributed by atoms with van der Waals surface area (Å²) >= 11 is 0. The Morgan fingerprint density at radius 1 is 0.920 bits per heavy atom. The number of ether oxygens (including phenoxy) is 2. The third-order valence-electron chi connectivity index (χ3n) is 3.84. The van der Waals surface area contributed by atoms with Gasteiger partial charge < -0.3 is 14.4 Å². The summed E-state index contributed by atoms with van der Waals surface area (Å²) in [6.07, 6.45) is 1.99. The van der Waals surface area contributed by atoms with E-state index in [1.54, 1.807) is 12.1 Å². The molecule has 0 aliphatic rings. The summed E-state index contributed by atoms with van der Waals surface area (Å²) < 4.78 is 11.2. The lowest BCUT2D eigenvalue weighted by atomic mass is 10.1. The fourth-order valence-corrected chi connectivity index (χ4v) is 2.61. The normalized spacial score (nSPS) is 10.4. The Kier molecular flexibility index (Phi) is 7.33. The highest BCUT2D eigenvalue weighted by Crippen LogP contribution is 2.29. The van der Waals surface area contributed by atoms with Crippen LogP contribution < -0.4 is 14.4 Å². The summed E-state index contributed by atoms with van der Waals surface area (Å²) in [7, 11) is 0. The monoisotopic (exact) mass is 341 g/mol. The van der Waals surface area contributed by atoms with Gasteiger partial charge >= 0.3 is 0 Å². The number of nitrogens with zero attached hydrogens (tertiary/aromatic N) is 1. The first kappa shape index (κ1) is 18.8. The second-order valence-corrected chi connectivity index (χ2v) is 5.67. The number of carbonyl (C=O) groups is 1. The predicted octanol–water partition coefficient (Wildman–Crippen LogP) is 4.93. The molecule has 134 valence electrons. The van der Waals surface area contributed by atoms with Crippen LogP contribution in [0.1, 0.15) is 44.0 Å². The first-order chi connectivity index (χ1) is 12.2. The summed E-state index contributed by atoms with van der Waals surface area (Å²) in [5, 5.41) is 0. The zero-order valence-corrected chi connectivity index (χ0v) is 15.3. The van der Waals surface area contributed by atoms with Gasteiger partial charge in [0, 0.05) is 17.8 Å². The number of rotatable bonds is 9. The lowest BCUT2D eigenvalue weighted by Crippen LogP contribution is -2.31. The molecule has 0 aromatic heterocycles. The molecule has 0 unspecified atom stereocenters. The minimum Gasteiger partial charge on any atom is -0.490 e. The summed E-state index contributed by atoms with van der Waals surface area (Å²) in [5.74, 6) is 1.25. The molecule has 0 atom stereocenters. The van der Waals surface area contributed by atoms with Crippen LogP contribution >= 0.6 is 0 Å². The molecule has 0 saturated heterocycles. The molecule has 25 heavy (non-hydrogen) atoms. The quantitative estimate of drug-likeness (QED) is 0.649. The Labute approximate surface area is 150 Å². The van der Waals surface area contributed by atoms with Gasteiger partial charge in [-0.1, -0.05) is 31.5 Å². The number of para-hydroxylation sites is 1. The highest BCUT2D eigenvalue weighted by Gasteiger charge is 2.19. The number of hydrogen-bond acceptors (Lipinski definition) is 3. The first-order valence-electron chi connectivity index (χ1n) is 8.97. The van der Waals surface area contributed by atoms with E-state index in [9.17, 15) is 4.79 Å². The van der Waals surface area contributed by atoms with Gasteiger partial charge in [-0.05, 0) is 50.6 Å². The second-order valence-electron chi connectivity index (χ2n) is 5.67. The molecule has 0 N–H and O–H groups in total. The van der Waals surface area contributed by atoms with E-state index in [0.29, 0.717) is 36.8 Å².